The number of nitrogens with zero attached hydrogens (tertiary/aromatic N) is 4. The van der Waals surface area contributed by atoms with Crippen LogP contribution in [0.5, 0.6) is 0 Å². The normalized spacial score (nSPS) is 15.2. The van der Waals surface area contributed by atoms with Crippen molar-refractivity contribution in [2.24, 2.45) is 0 Å². The van der Waals surface area contributed by atoms with Crippen LogP contribution in [0.4, 0.5) is 5.13 Å². The molecule has 2 amide bonds. The molecule has 128 valence electrons. The number of rotatable bonds is 4. The lowest BCUT2D eigenvalue weighted by Gasteiger charge is -2.24. The topological polar surface area (TPSA) is 56.8 Å². The quantitative estimate of drug-likeness (QED) is 0.833. The summed E-state index contributed by atoms with van der Waals surface area (Å²) in [6.07, 6.45) is 2.72. The summed E-state index contributed by atoms with van der Waals surface area (Å²) in [4.78, 5) is 35.4. The summed E-state index contributed by atoms with van der Waals surface area (Å²) in [5.41, 5.74) is 0. The van der Waals surface area contributed by atoms with Crippen molar-refractivity contribution >= 4 is 39.6 Å². The lowest BCUT2D eigenvalue weighted by Crippen LogP contribution is -2.42. The van der Waals surface area contributed by atoms with E-state index in [1.807, 2.05) is 21.7 Å². The predicted octanol–water partition coefficient (Wildman–Crippen LogP) is 2.02. The smallest absolute Gasteiger partial charge is 0.264 e. The van der Waals surface area contributed by atoms with E-state index in [0.29, 0.717) is 11.4 Å². The number of likely N-dealkylation sites (N-methyl/N-ethyl adjacent to an activating group) is 1. The molecular weight excluding hydrogens is 344 g/mol. The molecule has 0 radical (unpaired) electrons. The number of thiazole rings is 1. The Kier molecular flexibility index (Phi) is 5.47. The Balaban J connectivity index is 1.54. The fourth-order valence-electron chi connectivity index (χ4n) is 2.69. The Morgan fingerprint density at radius 1 is 1.21 bits per heavy atom. The molecule has 0 unspecified atom stereocenters. The van der Waals surface area contributed by atoms with Gasteiger partial charge in [0.1, 0.15) is 0 Å². The van der Waals surface area contributed by atoms with Crippen molar-refractivity contribution in [2.75, 3.05) is 44.7 Å². The number of aromatic nitrogens is 1. The van der Waals surface area contributed by atoms with Crippen molar-refractivity contribution in [1.82, 2.24) is 14.8 Å². The van der Waals surface area contributed by atoms with E-state index < -0.39 is 0 Å². The number of anilines is 1. The Hall–Kier alpha value is -1.93. The van der Waals surface area contributed by atoms with Crippen LogP contribution in [0.2, 0.25) is 0 Å². The van der Waals surface area contributed by atoms with E-state index in [0.717, 1.165) is 31.2 Å². The van der Waals surface area contributed by atoms with E-state index in [2.05, 4.69) is 9.88 Å². The molecule has 3 rings (SSSR count). The SMILES string of the molecule is CN(CC(=O)N1CCCN(c2nccs2)CC1)C(=O)c1cccs1. The summed E-state index contributed by atoms with van der Waals surface area (Å²) in [6, 6.07) is 3.63. The predicted molar refractivity (Wildman–Crippen MR) is 96.8 cm³/mol. The molecule has 1 aliphatic heterocycles. The van der Waals surface area contributed by atoms with Crippen molar-refractivity contribution < 1.29 is 9.59 Å². The van der Waals surface area contributed by atoms with Crippen molar-refractivity contribution in [1.29, 1.82) is 0 Å². The van der Waals surface area contributed by atoms with Crippen molar-refractivity contribution in [2.45, 2.75) is 6.42 Å². The first-order valence-corrected chi connectivity index (χ1v) is 9.62. The molecule has 0 saturated carbocycles. The van der Waals surface area contributed by atoms with E-state index in [1.165, 1.54) is 16.2 Å². The zero-order chi connectivity index (χ0) is 16.9. The highest BCUT2D eigenvalue weighted by Gasteiger charge is 2.23. The number of amides is 2. The van der Waals surface area contributed by atoms with Crippen LogP contribution in [0, 0.1) is 0 Å². The average molecular weight is 364 g/mol. The highest BCUT2D eigenvalue weighted by Crippen LogP contribution is 2.19. The second-order valence-electron chi connectivity index (χ2n) is 5.67. The Morgan fingerprint density at radius 2 is 2.08 bits per heavy atom. The van der Waals surface area contributed by atoms with Gasteiger partial charge in [0, 0.05) is 44.8 Å². The van der Waals surface area contributed by atoms with E-state index in [-0.39, 0.29) is 18.4 Å². The molecule has 0 atom stereocenters. The van der Waals surface area contributed by atoms with Gasteiger partial charge in [0.05, 0.1) is 11.4 Å². The largest absolute Gasteiger partial charge is 0.346 e. The molecule has 0 N–H and O–H groups in total. The Labute approximate surface area is 149 Å². The van der Waals surface area contributed by atoms with Crippen LogP contribution in [0.15, 0.2) is 29.1 Å². The molecule has 2 aromatic rings. The maximum atomic E-state index is 12.5. The number of hydrogen-bond acceptors (Lipinski definition) is 6. The van der Waals surface area contributed by atoms with Gasteiger partial charge in [-0.3, -0.25) is 9.59 Å². The van der Waals surface area contributed by atoms with Crippen LogP contribution in [-0.4, -0.2) is 66.4 Å². The van der Waals surface area contributed by atoms with E-state index in [1.54, 1.807) is 30.6 Å². The zero-order valence-electron chi connectivity index (χ0n) is 13.6. The minimum Gasteiger partial charge on any atom is -0.346 e. The molecule has 1 aliphatic rings. The first-order valence-electron chi connectivity index (χ1n) is 7.86. The van der Waals surface area contributed by atoms with E-state index in [4.69, 9.17) is 0 Å². The van der Waals surface area contributed by atoms with Gasteiger partial charge in [-0.15, -0.1) is 22.7 Å². The average Bonchev–Trinajstić information content (AvgIpc) is 3.24. The first kappa shape index (κ1) is 16.9. The van der Waals surface area contributed by atoms with E-state index in [9.17, 15) is 9.59 Å². The Morgan fingerprint density at radius 3 is 2.79 bits per heavy atom. The van der Waals surface area contributed by atoms with Gasteiger partial charge in [-0.25, -0.2) is 4.98 Å². The second-order valence-corrected chi connectivity index (χ2v) is 7.50. The summed E-state index contributed by atoms with van der Waals surface area (Å²) in [5, 5.41) is 4.84. The summed E-state index contributed by atoms with van der Waals surface area (Å²) in [7, 11) is 1.68. The standard InChI is InChI=1S/C16H20N4O2S2/c1-18(15(22)13-4-2-10-23-13)12-14(21)19-6-3-7-20(9-8-19)16-17-5-11-24-16/h2,4-5,10-11H,3,6-9,12H2,1H3. The first-order chi connectivity index (χ1) is 11.6. The molecule has 3 heterocycles. The number of carbonyl (C=O) groups excluding carboxylic acids is 2. The van der Waals surface area contributed by atoms with Crippen molar-refractivity contribution in [3.05, 3.63) is 34.0 Å². The molecule has 6 nitrogen and oxygen atoms in total. The monoisotopic (exact) mass is 364 g/mol. The van der Waals surface area contributed by atoms with Crippen LogP contribution in [-0.2, 0) is 4.79 Å². The summed E-state index contributed by atoms with van der Waals surface area (Å²) >= 11 is 3.02. The van der Waals surface area contributed by atoms with Crippen molar-refractivity contribution in [3.8, 4) is 0 Å². The van der Waals surface area contributed by atoms with E-state index >= 15 is 0 Å². The molecule has 24 heavy (non-hydrogen) atoms. The summed E-state index contributed by atoms with van der Waals surface area (Å²) in [6.45, 7) is 3.19. The minimum absolute atomic E-state index is 0.00314. The molecule has 0 spiro atoms. The lowest BCUT2D eigenvalue weighted by molar-refractivity contribution is -0.131. The van der Waals surface area contributed by atoms with Gasteiger partial charge in [-0.05, 0) is 17.9 Å². The molecular formula is C16H20N4O2S2. The molecule has 1 fully saturated rings. The fraction of sp³-hybridized carbons (Fsp3) is 0.438. The maximum absolute atomic E-state index is 12.5. The molecule has 2 aromatic heterocycles. The lowest BCUT2D eigenvalue weighted by atomic mass is 10.3. The molecule has 1 saturated heterocycles. The third kappa shape index (κ3) is 3.93. The second kappa shape index (κ2) is 7.76. The van der Waals surface area contributed by atoms with Crippen LogP contribution in [0.25, 0.3) is 0 Å². The van der Waals surface area contributed by atoms with Gasteiger partial charge >= 0.3 is 0 Å². The molecule has 0 aliphatic carbocycles. The highest BCUT2D eigenvalue weighted by atomic mass is 32.1. The van der Waals surface area contributed by atoms with Gasteiger partial charge in [0.2, 0.25) is 5.91 Å². The zero-order valence-corrected chi connectivity index (χ0v) is 15.2. The van der Waals surface area contributed by atoms with Crippen molar-refractivity contribution in [3.63, 3.8) is 0 Å². The third-order valence-corrected chi connectivity index (χ3v) is 5.68. The third-order valence-electron chi connectivity index (χ3n) is 3.99. The van der Waals surface area contributed by atoms with Gasteiger partial charge in [0.15, 0.2) is 5.13 Å². The van der Waals surface area contributed by atoms with Crippen LogP contribution < -0.4 is 4.90 Å². The molecule has 0 bridgehead atoms. The Bertz CT molecular complexity index is 672. The van der Waals surface area contributed by atoms with Gasteiger partial charge < -0.3 is 14.7 Å². The molecule has 0 aromatic carbocycles. The summed E-state index contributed by atoms with van der Waals surface area (Å²) < 4.78 is 0. The number of carbonyl (C=O) groups is 2. The van der Waals surface area contributed by atoms with Crippen LogP contribution in [0.1, 0.15) is 16.1 Å². The highest BCUT2D eigenvalue weighted by molar-refractivity contribution is 7.13. The summed E-state index contributed by atoms with van der Waals surface area (Å²) in [5.74, 6) is -0.0963. The van der Waals surface area contributed by atoms with Gasteiger partial charge in [0.25, 0.3) is 5.91 Å². The number of hydrogen-bond donors (Lipinski definition) is 0. The molecule has 8 heteroatoms. The van der Waals surface area contributed by atoms with Gasteiger partial charge in [-0.2, -0.15) is 0 Å². The minimum atomic E-state index is -0.0995. The van der Waals surface area contributed by atoms with Crippen LogP contribution >= 0.6 is 22.7 Å². The van der Waals surface area contributed by atoms with Crippen LogP contribution in [0.3, 0.4) is 0 Å². The fourth-order valence-corrected chi connectivity index (χ4v) is 4.11. The maximum Gasteiger partial charge on any atom is 0.264 e. The number of thiophene rings is 1. The van der Waals surface area contributed by atoms with Gasteiger partial charge in [-0.1, -0.05) is 6.07 Å².